The van der Waals surface area contributed by atoms with E-state index in [1.165, 1.54) is 6.20 Å². The van der Waals surface area contributed by atoms with Crippen LogP contribution in [0.5, 0.6) is 0 Å². The van der Waals surface area contributed by atoms with Crippen LogP contribution in [0.4, 0.5) is 0 Å². The highest BCUT2D eigenvalue weighted by Gasteiger charge is 2.31. The van der Waals surface area contributed by atoms with Gasteiger partial charge in [0.15, 0.2) is 0 Å². The van der Waals surface area contributed by atoms with Gasteiger partial charge < -0.3 is 11.1 Å². The molecule has 1 saturated carbocycles. The van der Waals surface area contributed by atoms with Crippen LogP contribution >= 0.6 is 11.3 Å². The van der Waals surface area contributed by atoms with Crippen molar-refractivity contribution >= 4 is 33.4 Å². The lowest BCUT2D eigenvalue weighted by Gasteiger charge is -2.33. The highest BCUT2D eigenvalue weighted by atomic mass is 32.1. The van der Waals surface area contributed by atoms with Gasteiger partial charge in [-0.1, -0.05) is 43.2 Å². The number of nitrogens with one attached hydrogen (secondary N) is 1. The summed E-state index contributed by atoms with van der Waals surface area (Å²) < 4.78 is 1.14. The maximum Gasteiger partial charge on any atom is 0.250 e. The Labute approximate surface area is 185 Å². The molecule has 2 amide bonds. The second-order valence-corrected chi connectivity index (χ2v) is 8.96. The Balaban J connectivity index is 1.45. The number of amides is 2. The summed E-state index contributed by atoms with van der Waals surface area (Å²) in [5, 5.41) is 4.16. The maximum absolute atomic E-state index is 12.8. The highest BCUT2D eigenvalue weighted by Crippen LogP contribution is 2.28. The smallest absolute Gasteiger partial charge is 0.250 e. The van der Waals surface area contributed by atoms with Gasteiger partial charge in [0.05, 0.1) is 20.8 Å². The number of fused-ring (bicyclic) bond motifs is 1. The van der Waals surface area contributed by atoms with E-state index in [1.54, 1.807) is 23.6 Å². The number of pyridine rings is 1. The lowest BCUT2D eigenvalue weighted by atomic mass is 9.81. The number of nitrogens with zero attached hydrogens (tertiary/aromatic N) is 2. The number of carbonyl (C=O) groups is 2. The van der Waals surface area contributed by atoms with Crippen molar-refractivity contribution in [3.8, 4) is 11.8 Å². The summed E-state index contributed by atoms with van der Waals surface area (Å²) in [5.41, 5.74) is 6.70. The van der Waals surface area contributed by atoms with Crippen LogP contribution < -0.4 is 11.1 Å². The highest BCUT2D eigenvalue weighted by molar-refractivity contribution is 7.18. The molecule has 3 aromatic rings. The van der Waals surface area contributed by atoms with Crippen LogP contribution in [0.15, 0.2) is 42.7 Å². The SMILES string of the molecule is NC(=O)c1cncc(C#CC2(NC(=O)CCc3nc4ccccc4s3)CCCCC2)c1. The molecule has 0 saturated heterocycles. The summed E-state index contributed by atoms with van der Waals surface area (Å²) in [7, 11) is 0. The first-order valence-electron chi connectivity index (χ1n) is 10.5. The standard InChI is InChI=1S/C24H24N4O2S/c25-23(30)18-14-17(15-26-16-18)10-13-24(11-4-1-5-12-24)28-21(29)8-9-22-27-19-6-2-3-7-20(19)31-22/h2-3,6-7,14-16H,1,4-5,8-9,11-12H2,(H2,25,30)(H,28,29). The van der Waals surface area contributed by atoms with Gasteiger partial charge in [0.25, 0.3) is 0 Å². The number of carbonyl (C=O) groups excluding carboxylic acids is 2. The van der Waals surface area contributed by atoms with Crippen LogP contribution in [-0.2, 0) is 11.2 Å². The first-order valence-corrected chi connectivity index (χ1v) is 11.3. The Morgan fingerprint density at radius 2 is 1.97 bits per heavy atom. The molecule has 31 heavy (non-hydrogen) atoms. The van der Waals surface area contributed by atoms with Gasteiger partial charge in [-0.3, -0.25) is 14.6 Å². The van der Waals surface area contributed by atoms with E-state index in [0.717, 1.165) is 47.3 Å². The fourth-order valence-corrected chi connectivity index (χ4v) is 4.81. The molecule has 7 heteroatoms. The second kappa shape index (κ2) is 9.27. The van der Waals surface area contributed by atoms with E-state index in [2.05, 4.69) is 27.1 Å². The molecule has 0 aliphatic heterocycles. The van der Waals surface area contributed by atoms with Gasteiger partial charge in [0.1, 0.15) is 5.54 Å². The maximum atomic E-state index is 12.8. The van der Waals surface area contributed by atoms with E-state index in [1.807, 2.05) is 24.3 Å². The normalized spacial score (nSPS) is 15.1. The fraction of sp³-hybridized carbons (Fsp3) is 0.333. The summed E-state index contributed by atoms with van der Waals surface area (Å²) in [4.78, 5) is 32.8. The number of aryl methyl sites for hydroxylation is 1. The molecule has 3 N–H and O–H groups in total. The minimum Gasteiger partial charge on any atom is -0.366 e. The third-order valence-electron chi connectivity index (χ3n) is 5.46. The predicted octanol–water partition coefficient (Wildman–Crippen LogP) is 3.59. The number of aromatic nitrogens is 2. The monoisotopic (exact) mass is 432 g/mol. The molecule has 6 nitrogen and oxygen atoms in total. The number of hydrogen-bond donors (Lipinski definition) is 2. The summed E-state index contributed by atoms with van der Waals surface area (Å²) in [6, 6.07) is 9.64. The van der Waals surface area contributed by atoms with Crippen LogP contribution in [0, 0.1) is 11.8 Å². The minimum atomic E-state index is -0.550. The predicted molar refractivity (Wildman–Crippen MR) is 122 cm³/mol. The number of rotatable bonds is 5. The first-order chi connectivity index (χ1) is 15.0. The zero-order chi connectivity index (χ0) is 21.7. The van der Waals surface area contributed by atoms with Crippen molar-refractivity contribution in [1.82, 2.24) is 15.3 Å². The topological polar surface area (TPSA) is 98.0 Å². The zero-order valence-corrected chi connectivity index (χ0v) is 18.0. The average Bonchev–Trinajstić information content (AvgIpc) is 3.20. The molecule has 1 aliphatic rings. The summed E-state index contributed by atoms with van der Waals surface area (Å²) >= 11 is 1.63. The van der Waals surface area contributed by atoms with E-state index >= 15 is 0 Å². The lowest BCUT2D eigenvalue weighted by Crippen LogP contribution is -2.48. The van der Waals surface area contributed by atoms with Gasteiger partial charge in [0.2, 0.25) is 11.8 Å². The quantitative estimate of drug-likeness (QED) is 0.602. The molecule has 0 bridgehead atoms. The van der Waals surface area contributed by atoms with Crippen LogP contribution in [0.3, 0.4) is 0 Å². The Bertz CT molecular complexity index is 1140. The fourth-order valence-electron chi connectivity index (χ4n) is 3.85. The molecule has 0 spiro atoms. The largest absolute Gasteiger partial charge is 0.366 e. The van der Waals surface area contributed by atoms with Crippen LogP contribution in [0.2, 0.25) is 0 Å². The van der Waals surface area contributed by atoms with Crippen molar-refractivity contribution in [3.05, 3.63) is 58.9 Å². The van der Waals surface area contributed by atoms with Crippen molar-refractivity contribution in [2.24, 2.45) is 5.73 Å². The van der Waals surface area contributed by atoms with Crippen molar-refractivity contribution in [1.29, 1.82) is 0 Å². The number of primary amides is 1. The third kappa shape index (κ3) is 5.28. The van der Waals surface area contributed by atoms with Gasteiger partial charge in [0, 0.05) is 30.8 Å². The van der Waals surface area contributed by atoms with Crippen LogP contribution in [-0.4, -0.2) is 27.3 Å². The Hall–Kier alpha value is -3.24. The number of nitrogens with two attached hydrogens (primary N) is 1. The average molecular weight is 433 g/mol. The molecule has 4 rings (SSSR count). The van der Waals surface area contributed by atoms with Gasteiger partial charge in [-0.15, -0.1) is 11.3 Å². The van der Waals surface area contributed by atoms with Crippen LogP contribution in [0.1, 0.15) is 59.5 Å². The number of para-hydroxylation sites is 1. The minimum absolute atomic E-state index is 0.0144. The Morgan fingerprint density at radius 1 is 1.16 bits per heavy atom. The number of thiazole rings is 1. The Morgan fingerprint density at radius 3 is 2.74 bits per heavy atom. The zero-order valence-electron chi connectivity index (χ0n) is 17.2. The van der Waals surface area contributed by atoms with Gasteiger partial charge in [-0.05, 0) is 31.0 Å². The van der Waals surface area contributed by atoms with Crippen molar-refractivity contribution in [2.75, 3.05) is 0 Å². The van der Waals surface area contributed by atoms with Crippen molar-refractivity contribution < 1.29 is 9.59 Å². The molecule has 0 atom stereocenters. The molecule has 1 fully saturated rings. The molecular formula is C24H24N4O2S. The molecule has 0 radical (unpaired) electrons. The summed E-state index contributed by atoms with van der Waals surface area (Å²) in [6.45, 7) is 0. The molecule has 2 heterocycles. The molecule has 0 unspecified atom stereocenters. The first kappa shape index (κ1) is 21.0. The van der Waals surface area contributed by atoms with E-state index in [4.69, 9.17) is 5.73 Å². The number of benzene rings is 1. The molecule has 158 valence electrons. The molecule has 1 aliphatic carbocycles. The van der Waals surface area contributed by atoms with E-state index < -0.39 is 11.4 Å². The van der Waals surface area contributed by atoms with Gasteiger partial charge >= 0.3 is 0 Å². The van der Waals surface area contributed by atoms with Crippen LogP contribution in [0.25, 0.3) is 10.2 Å². The second-order valence-electron chi connectivity index (χ2n) is 7.84. The summed E-state index contributed by atoms with van der Waals surface area (Å²) in [6.07, 6.45) is 8.83. The molecule has 2 aromatic heterocycles. The van der Waals surface area contributed by atoms with E-state index in [9.17, 15) is 9.59 Å². The summed E-state index contributed by atoms with van der Waals surface area (Å²) in [5.74, 6) is 5.83. The van der Waals surface area contributed by atoms with Crippen molar-refractivity contribution in [2.45, 2.75) is 50.5 Å². The van der Waals surface area contributed by atoms with Gasteiger partial charge in [-0.2, -0.15) is 0 Å². The molecular weight excluding hydrogens is 408 g/mol. The molecule has 1 aromatic carbocycles. The Kier molecular flexibility index (Phi) is 6.28. The lowest BCUT2D eigenvalue weighted by molar-refractivity contribution is -0.122. The van der Waals surface area contributed by atoms with E-state index in [0.29, 0.717) is 24.0 Å². The van der Waals surface area contributed by atoms with E-state index in [-0.39, 0.29) is 5.91 Å². The third-order valence-corrected chi connectivity index (χ3v) is 6.55. The number of hydrogen-bond acceptors (Lipinski definition) is 5. The van der Waals surface area contributed by atoms with Gasteiger partial charge in [-0.25, -0.2) is 4.98 Å². The van der Waals surface area contributed by atoms with Crippen molar-refractivity contribution in [3.63, 3.8) is 0 Å².